The number of likely N-dealkylation sites (tertiary alicyclic amines) is 1. The van der Waals surface area contributed by atoms with Crippen molar-refractivity contribution < 1.29 is 32.6 Å². The number of carbonyl (C=O) groups is 3. The molecule has 13 heteroatoms. The predicted octanol–water partition coefficient (Wildman–Crippen LogP) is 1.87. The number of rotatable bonds is 8. The summed E-state index contributed by atoms with van der Waals surface area (Å²) >= 11 is 0. The number of anilines is 1. The quantitative estimate of drug-likeness (QED) is 0.487. The van der Waals surface area contributed by atoms with Crippen molar-refractivity contribution in [2.45, 2.75) is 44.3 Å². The van der Waals surface area contributed by atoms with E-state index in [0.717, 1.165) is 17.7 Å². The number of aromatic nitrogens is 2. The normalized spacial score (nSPS) is 19.1. The lowest BCUT2D eigenvalue weighted by molar-refractivity contribution is -0.166. The summed E-state index contributed by atoms with van der Waals surface area (Å²) in [5, 5.41) is 12.4. The summed E-state index contributed by atoms with van der Waals surface area (Å²) in [6.07, 6.45) is 1.17. The number of alkyl halides is 2. The molecule has 200 valence electrons. The number of ether oxygens (including phenoxy) is 2. The van der Waals surface area contributed by atoms with E-state index in [1.807, 2.05) is 6.07 Å². The van der Waals surface area contributed by atoms with Crippen LogP contribution >= 0.6 is 0 Å². The smallest absolute Gasteiger partial charge is 0.323 e. The SMILES string of the molecule is C[C@@H](N)C(=O)OCC(=O)N1CC[C@H](Oc2ccc(-c3cc(NC(=O)C4CC4)ncn3)cc2C#N)C(F)(F)C1. The van der Waals surface area contributed by atoms with Crippen LogP contribution in [0.4, 0.5) is 14.6 Å². The number of nitrogens with one attached hydrogen (secondary N) is 1. The van der Waals surface area contributed by atoms with Gasteiger partial charge in [-0.3, -0.25) is 14.4 Å². The maximum atomic E-state index is 14.9. The highest BCUT2D eigenvalue weighted by atomic mass is 19.3. The molecule has 2 aromatic rings. The molecule has 2 aliphatic rings. The molecule has 2 heterocycles. The van der Waals surface area contributed by atoms with Crippen LogP contribution in [0.5, 0.6) is 5.75 Å². The van der Waals surface area contributed by atoms with Gasteiger partial charge in [0.25, 0.3) is 5.91 Å². The Morgan fingerprint density at radius 2 is 2.03 bits per heavy atom. The fourth-order valence-electron chi connectivity index (χ4n) is 3.82. The van der Waals surface area contributed by atoms with E-state index in [0.29, 0.717) is 17.1 Å². The van der Waals surface area contributed by atoms with Crippen molar-refractivity contribution in [2.24, 2.45) is 11.7 Å². The second-order valence-corrected chi connectivity index (χ2v) is 9.24. The Balaban J connectivity index is 1.42. The number of hydrogen-bond acceptors (Lipinski definition) is 9. The summed E-state index contributed by atoms with van der Waals surface area (Å²) < 4.78 is 40.1. The number of benzene rings is 1. The molecule has 0 radical (unpaired) electrons. The Kier molecular flexibility index (Phi) is 7.82. The van der Waals surface area contributed by atoms with E-state index in [1.165, 1.54) is 25.4 Å². The Morgan fingerprint density at radius 3 is 2.68 bits per heavy atom. The van der Waals surface area contributed by atoms with E-state index < -0.39 is 43.1 Å². The maximum Gasteiger partial charge on any atom is 0.323 e. The lowest BCUT2D eigenvalue weighted by atomic mass is 10.0. The van der Waals surface area contributed by atoms with Gasteiger partial charge in [-0.05, 0) is 38.0 Å². The molecule has 0 bridgehead atoms. The molecule has 4 rings (SSSR count). The van der Waals surface area contributed by atoms with Gasteiger partial charge in [0.05, 0.1) is 17.8 Å². The van der Waals surface area contributed by atoms with Gasteiger partial charge in [0.15, 0.2) is 12.7 Å². The van der Waals surface area contributed by atoms with Crippen molar-refractivity contribution in [2.75, 3.05) is 25.0 Å². The predicted molar refractivity (Wildman–Crippen MR) is 129 cm³/mol. The zero-order valence-electron chi connectivity index (χ0n) is 20.5. The number of piperidine rings is 1. The Hall–Kier alpha value is -4.18. The zero-order valence-corrected chi connectivity index (χ0v) is 20.5. The third-order valence-corrected chi connectivity index (χ3v) is 6.13. The summed E-state index contributed by atoms with van der Waals surface area (Å²) in [5.74, 6) is -4.84. The van der Waals surface area contributed by atoms with Crippen LogP contribution in [0.15, 0.2) is 30.6 Å². The summed E-state index contributed by atoms with van der Waals surface area (Å²) in [4.78, 5) is 44.8. The molecule has 2 amide bonds. The van der Waals surface area contributed by atoms with Crippen LogP contribution in [0.2, 0.25) is 0 Å². The van der Waals surface area contributed by atoms with E-state index >= 15 is 0 Å². The second-order valence-electron chi connectivity index (χ2n) is 9.24. The van der Waals surface area contributed by atoms with Crippen molar-refractivity contribution in [1.29, 1.82) is 5.26 Å². The van der Waals surface area contributed by atoms with Gasteiger partial charge in [-0.15, -0.1) is 0 Å². The van der Waals surface area contributed by atoms with Crippen LogP contribution in [0, 0.1) is 17.2 Å². The van der Waals surface area contributed by atoms with E-state index in [-0.39, 0.29) is 36.1 Å². The van der Waals surface area contributed by atoms with Gasteiger partial charge in [-0.2, -0.15) is 5.26 Å². The van der Waals surface area contributed by atoms with Gasteiger partial charge >= 0.3 is 11.9 Å². The molecule has 2 fully saturated rings. The molecule has 1 aromatic heterocycles. The van der Waals surface area contributed by atoms with Crippen molar-refractivity contribution in [1.82, 2.24) is 14.9 Å². The summed E-state index contributed by atoms with van der Waals surface area (Å²) in [6.45, 7) is -0.281. The van der Waals surface area contributed by atoms with Gasteiger partial charge in [0.2, 0.25) is 5.91 Å². The highest BCUT2D eigenvalue weighted by Crippen LogP contribution is 2.34. The first-order chi connectivity index (χ1) is 18.1. The Morgan fingerprint density at radius 1 is 1.26 bits per heavy atom. The minimum absolute atomic E-state index is 0.00401. The molecular weight excluding hydrogens is 502 g/mol. The standard InChI is InChI=1S/C25H26F2N6O5/c1-14(29)24(36)37-11-22(34)33-7-6-20(25(26,27)12-33)38-19-5-4-16(8-17(19)10-28)18-9-21(31-13-30-18)32-23(35)15-2-3-15/h4-5,8-9,13-15,20H,2-3,6-7,11-12,29H2,1H3,(H,30,31,32,35)/t14-,20+/m1/s1. The monoisotopic (exact) mass is 528 g/mol. The average Bonchev–Trinajstić information content (AvgIpc) is 3.74. The second kappa shape index (κ2) is 11.1. The molecule has 1 aliphatic carbocycles. The molecule has 0 unspecified atom stereocenters. The van der Waals surface area contributed by atoms with E-state index in [2.05, 4.69) is 15.3 Å². The van der Waals surface area contributed by atoms with E-state index in [9.17, 15) is 28.4 Å². The fourth-order valence-corrected chi connectivity index (χ4v) is 3.82. The topological polar surface area (TPSA) is 161 Å². The first-order valence-electron chi connectivity index (χ1n) is 12.0. The Labute approximate surface area is 216 Å². The van der Waals surface area contributed by atoms with Crippen LogP contribution in [-0.2, 0) is 19.1 Å². The molecule has 38 heavy (non-hydrogen) atoms. The molecule has 0 spiro atoms. The highest BCUT2D eigenvalue weighted by molar-refractivity contribution is 5.93. The highest BCUT2D eigenvalue weighted by Gasteiger charge is 2.48. The van der Waals surface area contributed by atoms with Gasteiger partial charge in [0, 0.05) is 30.5 Å². The lowest BCUT2D eigenvalue weighted by Crippen LogP contribution is -2.56. The van der Waals surface area contributed by atoms with Crippen LogP contribution in [-0.4, -0.2) is 70.4 Å². The molecule has 2 atom stereocenters. The summed E-state index contributed by atoms with van der Waals surface area (Å²) in [6, 6.07) is 6.99. The molecule has 1 saturated heterocycles. The number of nitriles is 1. The number of nitrogens with zero attached hydrogens (tertiary/aromatic N) is 4. The van der Waals surface area contributed by atoms with E-state index in [1.54, 1.807) is 12.1 Å². The van der Waals surface area contributed by atoms with Gasteiger partial charge in [0.1, 0.15) is 30.0 Å². The fraction of sp³-hybridized carbons (Fsp3) is 0.440. The Bertz CT molecular complexity index is 1280. The van der Waals surface area contributed by atoms with Crippen LogP contribution < -0.4 is 15.8 Å². The number of hydrogen-bond donors (Lipinski definition) is 2. The third-order valence-electron chi connectivity index (χ3n) is 6.13. The largest absolute Gasteiger partial charge is 0.483 e. The number of amides is 2. The summed E-state index contributed by atoms with van der Waals surface area (Å²) in [7, 11) is 0. The molecule has 1 aromatic carbocycles. The van der Waals surface area contributed by atoms with Crippen molar-refractivity contribution >= 4 is 23.6 Å². The summed E-state index contributed by atoms with van der Waals surface area (Å²) in [5.41, 5.74) is 6.31. The number of halogens is 2. The zero-order chi connectivity index (χ0) is 27.4. The first-order valence-corrected chi connectivity index (χ1v) is 12.0. The lowest BCUT2D eigenvalue weighted by Gasteiger charge is -2.38. The maximum absolute atomic E-state index is 14.9. The first kappa shape index (κ1) is 26.9. The minimum Gasteiger partial charge on any atom is -0.483 e. The van der Waals surface area contributed by atoms with Crippen molar-refractivity contribution in [3.8, 4) is 23.1 Å². The van der Waals surface area contributed by atoms with Crippen molar-refractivity contribution in [3.05, 3.63) is 36.2 Å². The number of nitrogens with two attached hydrogens (primary N) is 1. The van der Waals surface area contributed by atoms with Gasteiger partial charge in [-0.1, -0.05) is 0 Å². The van der Waals surface area contributed by atoms with E-state index in [4.69, 9.17) is 15.2 Å². The number of esters is 1. The van der Waals surface area contributed by atoms with Gasteiger partial charge < -0.3 is 25.4 Å². The minimum atomic E-state index is -3.42. The van der Waals surface area contributed by atoms with Gasteiger partial charge in [-0.25, -0.2) is 18.7 Å². The van der Waals surface area contributed by atoms with Crippen LogP contribution in [0.25, 0.3) is 11.3 Å². The molecule has 3 N–H and O–H groups in total. The average molecular weight is 529 g/mol. The molecular formula is C25H26F2N6O5. The molecule has 1 aliphatic heterocycles. The third kappa shape index (κ3) is 6.38. The number of carbonyl (C=O) groups excluding carboxylic acids is 3. The molecule has 11 nitrogen and oxygen atoms in total. The molecule has 1 saturated carbocycles. The van der Waals surface area contributed by atoms with Crippen molar-refractivity contribution in [3.63, 3.8) is 0 Å². The van der Waals surface area contributed by atoms with Crippen LogP contribution in [0.1, 0.15) is 31.7 Å². The van der Waals surface area contributed by atoms with Crippen LogP contribution in [0.3, 0.4) is 0 Å².